The van der Waals surface area contributed by atoms with E-state index in [1.807, 2.05) is 48.5 Å². The van der Waals surface area contributed by atoms with E-state index in [0.717, 1.165) is 5.56 Å². The Morgan fingerprint density at radius 3 is 2.03 bits per heavy atom. The molecule has 0 spiro atoms. The quantitative estimate of drug-likeness (QED) is 0.384. The molecule has 5 nitrogen and oxygen atoms in total. The number of halogens is 1. The van der Waals surface area contributed by atoms with Crippen LogP contribution in [0.15, 0.2) is 89.3 Å². The first kappa shape index (κ1) is 21.2. The molecule has 158 valence electrons. The highest BCUT2D eigenvalue weighted by Gasteiger charge is 2.24. The van der Waals surface area contributed by atoms with Crippen molar-refractivity contribution in [3.05, 3.63) is 107 Å². The molecular formula is C25H24ClN3O2. The fourth-order valence-electron chi connectivity index (χ4n) is 3.66. The fraction of sp³-hybridized carbons (Fsp3) is 0.200. The number of aliphatic hydroxyl groups excluding tert-OH is 1. The molecule has 1 aromatic heterocycles. The first-order chi connectivity index (χ1) is 15.2. The molecule has 0 fully saturated rings. The molecule has 3 aromatic carbocycles. The van der Waals surface area contributed by atoms with Gasteiger partial charge in [-0.3, -0.25) is 4.90 Å². The first-order valence-electron chi connectivity index (χ1n) is 10.3. The van der Waals surface area contributed by atoms with E-state index in [1.54, 1.807) is 12.1 Å². The van der Waals surface area contributed by atoms with E-state index in [9.17, 15) is 5.11 Å². The van der Waals surface area contributed by atoms with Crippen LogP contribution in [0.25, 0.3) is 11.5 Å². The van der Waals surface area contributed by atoms with Crippen LogP contribution in [-0.2, 0) is 6.54 Å². The molecule has 4 aromatic rings. The van der Waals surface area contributed by atoms with E-state index < -0.39 is 0 Å². The largest absolute Gasteiger partial charge is 0.419 e. The van der Waals surface area contributed by atoms with Gasteiger partial charge in [-0.15, -0.1) is 10.2 Å². The Labute approximate surface area is 186 Å². The van der Waals surface area contributed by atoms with Crippen LogP contribution < -0.4 is 0 Å². The van der Waals surface area contributed by atoms with Gasteiger partial charge in [-0.25, -0.2) is 0 Å². The summed E-state index contributed by atoms with van der Waals surface area (Å²) < 4.78 is 5.97. The zero-order valence-corrected chi connectivity index (χ0v) is 17.8. The lowest BCUT2D eigenvalue weighted by Crippen LogP contribution is -2.31. The van der Waals surface area contributed by atoms with Crippen LogP contribution in [0.2, 0.25) is 5.02 Å². The van der Waals surface area contributed by atoms with Gasteiger partial charge in [0, 0.05) is 23.7 Å². The minimum absolute atomic E-state index is 0.000156. The van der Waals surface area contributed by atoms with Crippen LogP contribution in [0, 0.1) is 0 Å². The third kappa shape index (κ3) is 5.39. The number of aromatic nitrogens is 2. The minimum Gasteiger partial charge on any atom is -0.419 e. The average molecular weight is 434 g/mol. The van der Waals surface area contributed by atoms with Crippen molar-refractivity contribution in [1.82, 2.24) is 15.1 Å². The van der Waals surface area contributed by atoms with Gasteiger partial charge in [-0.05, 0) is 41.8 Å². The maximum atomic E-state index is 9.49. The lowest BCUT2D eigenvalue weighted by Gasteiger charge is -2.31. The third-order valence-electron chi connectivity index (χ3n) is 5.10. The zero-order chi connectivity index (χ0) is 21.5. The van der Waals surface area contributed by atoms with E-state index >= 15 is 0 Å². The molecule has 0 aliphatic heterocycles. The van der Waals surface area contributed by atoms with E-state index in [1.165, 1.54) is 11.1 Å². The average Bonchev–Trinajstić information content (AvgIpc) is 3.28. The van der Waals surface area contributed by atoms with Crippen molar-refractivity contribution in [3.8, 4) is 11.5 Å². The van der Waals surface area contributed by atoms with Crippen LogP contribution >= 0.6 is 11.6 Å². The molecule has 0 bridgehead atoms. The highest BCUT2D eigenvalue weighted by atomic mass is 35.5. The van der Waals surface area contributed by atoms with Crippen LogP contribution in [0.5, 0.6) is 0 Å². The summed E-state index contributed by atoms with van der Waals surface area (Å²) in [5, 5.41) is 18.6. The van der Waals surface area contributed by atoms with Gasteiger partial charge in [-0.1, -0.05) is 72.3 Å². The van der Waals surface area contributed by atoms with Crippen molar-refractivity contribution in [2.24, 2.45) is 0 Å². The molecule has 0 atom stereocenters. The molecule has 0 saturated heterocycles. The highest BCUT2D eigenvalue weighted by Crippen LogP contribution is 2.30. The van der Waals surface area contributed by atoms with Crippen LogP contribution in [-0.4, -0.2) is 33.4 Å². The maximum Gasteiger partial charge on any atom is 0.247 e. The Morgan fingerprint density at radius 2 is 1.45 bits per heavy atom. The topological polar surface area (TPSA) is 62.4 Å². The molecule has 0 unspecified atom stereocenters. The van der Waals surface area contributed by atoms with Crippen molar-refractivity contribution in [3.63, 3.8) is 0 Å². The standard InChI is InChI=1S/C25H24ClN3O2/c26-22-14-12-21(13-15-22)25-28-27-23(31-25)18-29(16-7-17-30)24(19-8-3-1-4-9-19)20-10-5-2-6-11-20/h1-6,8-15,24,30H,7,16-18H2. The molecule has 4 rings (SSSR count). The molecule has 6 heteroatoms. The molecule has 0 saturated carbocycles. The van der Waals surface area contributed by atoms with Gasteiger partial charge in [0.05, 0.1) is 12.6 Å². The summed E-state index contributed by atoms with van der Waals surface area (Å²) in [5.41, 5.74) is 3.17. The summed E-state index contributed by atoms with van der Waals surface area (Å²) in [5.74, 6) is 0.990. The van der Waals surface area contributed by atoms with E-state index in [2.05, 4.69) is 39.4 Å². The van der Waals surface area contributed by atoms with E-state index in [-0.39, 0.29) is 12.6 Å². The molecule has 0 aliphatic rings. The maximum absolute atomic E-state index is 9.49. The summed E-state index contributed by atoms with van der Waals surface area (Å²) in [6.07, 6.45) is 0.647. The van der Waals surface area contributed by atoms with Gasteiger partial charge >= 0.3 is 0 Å². The number of hydrogen-bond donors (Lipinski definition) is 1. The molecule has 0 aliphatic carbocycles. The van der Waals surface area contributed by atoms with E-state index in [4.69, 9.17) is 16.0 Å². The predicted octanol–water partition coefficient (Wildman–Crippen LogP) is 5.36. The number of rotatable bonds is 9. The molecule has 31 heavy (non-hydrogen) atoms. The van der Waals surface area contributed by atoms with Crippen molar-refractivity contribution in [2.75, 3.05) is 13.2 Å². The summed E-state index contributed by atoms with van der Waals surface area (Å²) in [4.78, 5) is 2.26. The minimum atomic E-state index is -0.000156. The Kier molecular flexibility index (Phi) is 7.10. The smallest absolute Gasteiger partial charge is 0.247 e. The lowest BCUT2D eigenvalue weighted by atomic mass is 9.97. The Morgan fingerprint density at radius 1 is 0.839 bits per heavy atom. The van der Waals surface area contributed by atoms with Gasteiger partial charge in [0.1, 0.15) is 0 Å². The van der Waals surface area contributed by atoms with Crippen LogP contribution in [0.1, 0.15) is 29.5 Å². The third-order valence-corrected chi connectivity index (χ3v) is 5.35. The normalized spacial score (nSPS) is 11.4. The molecule has 1 N–H and O–H groups in total. The van der Waals surface area contributed by atoms with Gasteiger partial charge in [0.2, 0.25) is 11.8 Å². The monoisotopic (exact) mass is 433 g/mol. The number of benzene rings is 3. The Hall–Kier alpha value is -2.99. The van der Waals surface area contributed by atoms with Gasteiger partial charge < -0.3 is 9.52 Å². The summed E-state index contributed by atoms with van der Waals surface area (Å²) in [6, 6.07) is 28.0. The second-order valence-corrected chi connectivity index (χ2v) is 7.72. The fourth-order valence-corrected chi connectivity index (χ4v) is 3.78. The van der Waals surface area contributed by atoms with Crippen LogP contribution in [0.4, 0.5) is 0 Å². The zero-order valence-electron chi connectivity index (χ0n) is 17.1. The summed E-state index contributed by atoms with van der Waals surface area (Å²) >= 11 is 5.98. The molecular weight excluding hydrogens is 410 g/mol. The van der Waals surface area contributed by atoms with Crippen molar-refractivity contribution in [1.29, 1.82) is 0 Å². The SMILES string of the molecule is OCCCN(Cc1nnc(-c2ccc(Cl)cc2)o1)C(c1ccccc1)c1ccccc1. The highest BCUT2D eigenvalue weighted by molar-refractivity contribution is 6.30. The van der Waals surface area contributed by atoms with Crippen molar-refractivity contribution < 1.29 is 9.52 Å². The number of aliphatic hydroxyl groups is 1. The first-order valence-corrected chi connectivity index (χ1v) is 10.7. The van der Waals surface area contributed by atoms with Gasteiger partial charge in [0.15, 0.2) is 0 Å². The van der Waals surface area contributed by atoms with Crippen LogP contribution in [0.3, 0.4) is 0 Å². The summed E-state index contributed by atoms with van der Waals surface area (Å²) in [6.45, 7) is 1.27. The van der Waals surface area contributed by atoms with Crippen molar-refractivity contribution in [2.45, 2.75) is 19.0 Å². The Balaban J connectivity index is 1.65. The summed E-state index contributed by atoms with van der Waals surface area (Å²) in [7, 11) is 0. The molecule has 0 radical (unpaired) electrons. The lowest BCUT2D eigenvalue weighted by molar-refractivity contribution is 0.173. The number of nitrogens with zero attached hydrogens (tertiary/aromatic N) is 3. The second kappa shape index (κ2) is 10.4. The van der Waals surface area contributed by atoms with Gasteiger partial charge in [0.25, 0.3) is 0 Å². The molecule has 0 amide bonds. The van der Waals surface area contributed by atoms with Gasteiger partial charge in [-0.2, -0.15) is 0 Å². The Bertz CT molecular complexity index is 1030. The number of hydrogen-bond acceptors (Lipinski definition) is 5. The second-order valence-electron chi connectivity index (χ2n) is 7.28. The molecule has 1 heterocycles. The van der Waals surface area contributed by atoms with Crippen molar-refractivity contribution >= 4 is 11.6 Å². The van der Waals surface area contributed by atoms with E-state index in [0.29, 0.717) is 36.3 Å². The predicted molar refractivity (Wildman–Crippen MR) is 122 cm³/mol.